The molecule has 0 aliphatic rings. The summed E-state index contributed by atoms with van der Waals surface area (Å²) in [6, 6.07) is 9.09. The second kappa shape index (κ2) is 11.7. The van der Waals surface area contributed by atoms with Gasteiger partial charge in [-0.25, -0.2) is 4.98 Å². The highest BCUT2D eigenvalue weighted by Crippen LogP contribution is 2.31. The zero-order valence-electron chi connectivity index (χ0n) is 19.1. The lowest BCUT2D eigenvalue weighted by molar-refractivity contribution is 0.0910. The minimum absolute atomic E-state index is 0.220. The second-order valence-corrected chi connectivity index (χ2v) is 8.42. The number of hydrogen-bond donors (Lipinski definition) is 1. The maximum Gasteiger partial charge on any atom is 0.287 e. The Morgan fingerprint density at radius 3 is 2.59 bits per heavy atom. The van der Waals surface area contributed by atoms with Crippen LogP contribution >= 0.6 is 11.8 Å². The van der Waals surface area contributed by atoms with Crippen LogP contribution in [0.25, 0.3) is 0 Å². The number of aryl methyl sites for hydroxylation is 1. The lowest BCUT2D eigenvalue weighted by Crippen LogP contribution is -2.26. The van der Waals surface area contributed by atoms with E-state index >= 15 is 0 Å². The molecule has 0 bridgehead atoms. The van der Waals surface area contributed by atoms with E-state index in [-0.39, 0.29) is 17.7 Å². The molecule has 1 amide bonds. The SMILES string of the molecule is CCCOc1ccc(C(C)NC(=O)c2ccc(CSc3nccn3C)o2)cc1OCCC. The Labute approximate surface area is 193 Å². The van der Waals surface area contributed by atoms with Crippen molar-refractivity contribution >= 4 is 17.7 Å². The van der Waals surface area contributed by atoms with Crippen molar-refractivity contribution < 1.29 is 18.7 Å². The van der Waals surface area contributed by atoms with E-state index in [4.69, 9.17) is 13.9 Å². The number of rotatable bonds is 12. The molecule has 7 nitrogen and oxygen atoms in total. The molecule has 1 aromatic carbocycles. The van der Waals surface area contributed by atoms with Crippen molar-refractivity contribution in [3.63, 3.8) is 0 Å². The fraction of sp³-hybridized carbons (Fsp3) is 0.417. The average molecular weight is 458 g/mol. The summed E-state index contributed by atoms with van der Waals surface area (Å²) in [6.07, 6.45) is 5.48. The summed E-state index contributed by atoms with van der Waals surface area (Å²) in [5.74, 6) is 2.79. The van der Waals surface area contributed by atoms with Gasteiger partial charge in [0.2, 0.25) is 0 Å². The van der Waals surface area contributed by atoms with E-state index in [2.05, 4.69) is 24.1 Å². The van der Waals surface area contributed by atoms with E-state index in [1.165, 1.54) is 0 Å². The summed E-state index contributed by atoms with van der Waals surface area (Å²) < 4.78 is 19.4. The number of imidazole rings is 1. The van der Waals surface area contributed by atoms with E-state index in [0.29, 0.717) is 24.7 Å². The molecule has 32 heavy (non-hydrogen) atoms. The number of nitrogens with one attached hydrogen (secondary N) is 1. The third-order valence-electron chi connectivity index (χ3n) is 4.74. The van der Waals surface area contributed by atoms with Crippen molar-refractivity contribution in [2.24, 2.45) is 7.05 Å². The van der Waals surface area contributed by atoms with E-state index in [0.717, 1.165) is 35.1 Å². The molecule has 3 aromatic rings. The van der Waals surface area contributed by atoms with Crippen LogP contribution in [0.1, 0.15) is 61.5 Å². The molecular weight excluding hydrogens is 426 g/mol. The van der Waals surface area contributed by atoms with Crippen molar-refractivity contribution in [2.45, 2.75) is 50.6 Å². The van der Waals surface area contributed by atoms with Gasteiger partial charge in [0.05, 0.1) is 25.0 Å². The van der Waals surface area contributed by atoms with Crippen LogP contribution in [0.15, 0.2) is 52.3 Å². The number of nitrogens with zero attached hydrogens (tertiary/aromatic N) is 2. The van der Waals surface area contributed by atoms with Gasteiger partial charge in [-0.2, -0.15) is 0 Å². The van der Waals surface area contributed by atoms with Gasteiger partial charge in [0.25, 0.3) is 5.91 Å². The fourth-order valence-electron chi connectivity index (χ4n) is 3.01. The Hall–Kier alpha value is -2.87. The summed E-state index contributed by atoms with van der Waals surface area (Å²) in [6.45, 7) is 7.30. The normalized spacial score (nSPS) is 11.9. The number of ether oxygens (including phenoxy) is 2. The highest BCUT2D eigenvalue weighted by molar-refractivity contribution is 7.98. The highest BCUT2D eigenvalue weighted by atomic mass is 32.2. The van der Waals surface area contributed by atoms with Crippen LogP contribution in [0.4, 0.5) is 0 Å². The molecule has 0 saturated heterocycles. The Bertz CT molecular complexity index is 1010. The van der Waals surface area contributed by atoms with Crippen LogP contribution in [-0.2, 0) is 12.8 Å². The van der Waals surface area contributed by atoms with Crippen LogP contribution in [0, 0.1) is 0 Å². The first-order chi connectivity index (χ1) is 15.5. The molecule has 172 valence electrons. The van der Waals surface area contributed by atoms with Gasteiger partial charge in [0, 0.05) is 19.4 Å². The fourth-order valence-corrected chi connectivity index (χ4v) is 3.83. The minimum atomic E-state index is -0.256. The maximum atomic E-state index is 12.7. The van der Waals surface area contributed by atoms with Gasteiger partial charge >= 0.3 is 0 Å². The van der Waals surface area contributed by atoms with Crippen LogP contribution in [0.5, 0.6) is 11.5 Å². The number of aromatic nitrogens is 2. The predicted octanol–water partition coefficient (Wildman–Crippen LogP) is 5.37. The molecule has 0 saturated carbocycles. The van der Waals surface area contributed by atoms with Crippen LogP contribution in [-0.4, -0.2) is 28.7 Å². The topological polar surface area (TPSA) is 78.5 Å². The van der Waals surface area contributed by atoms with Crippen molar-refractivity contribution in [1.82, 2.24) is 14.9 Å². The maximum absolute atomic E-state index is 12.7. The van der Waals surface area contributed by atoms with Gasteiger partial charge in [-0.05, 0) is 49.6 Å². The van der Waals surface area contributed by atoms with Gasteiger partial charge in [-0.3, -0.25) is 4.79 Å². The Kier molecular flexibility index (Phi) is 8.67. The molecule has 0 radical (unpaired) electrons. The first kappa shape index (κ1) is 23.8. The molecule has 0 fully saturated rings. The predicted molar refractivity (Wildman–Crippen MR) is 125 cm³/mol. The number of benzene rings is 1. The molecular formula is C24H31N3O4S. The van der Waals surface area contributed by atoms with E-state index in [1.54, 1.807) is 24.0 Å². The first-order valence-electron chi connectivity index (χ1n) is 10.9. The van der Waals surface area contributed by atoms with Crippen molar-refractivity contribution in [3.05, 3.63) is 59.8 Å². The Morgan fingerprint density at radius 1 is 1.16 bits per heavy atom. The molecule has 0 aliphatic heterocycles. The van der Waals surface area contributed by atoms with Gasteiger partial charge in [0.1, 0.15) is 5.76 Å². The third-order valence-corrected chi connectivity index (χ3v) is 5.83. The largest absolute Gasteiger partial charge is 0.490 e. The minimum Gasteiger partial charge on any atom is -0.490 e. The standard InChI is InChI=1S/C24H31N3O4S/c1-5-13-29-20-9-7-18(15-22(20)30-14-6-2)17(3)26-23(28)21-10-8-19(31-21)16-32-24-25-11-12-27(24)4/h7-12,15,17H,5-6,13-14,16H2,1-4H3,(H,26,28). The lowest BCUT2D eigenvalue weighted by atomic mass is 10.1. The van der Waals surface area contributed by atoms with Gasteiger partial charge in [-0.1, -0.05) is 31.7 Å². The molecule has 8 heteroatoms. The summed E-state index contributed by atoms with van der Waals surface area (Å²) in [4.78, 5) is 17.0. The summed E-state index contributed by atoms with van der Waals surface area (Å²) in [5, 5.41) is 3.89. The molecule has 0 spiro atoms. The molecule has 2 heterocycles. The molecule has 1 unspecified atom stereocenters. The Balaban J connectivity index is 1.62. The van der Waals surface area contributed by atoms with Crippen LogP contribution < -0.4 is 14.8 Å². The zero-order chi connectivity index (χ0) is 22.9. The van der Waals surface area contributed by atoms with Crippen LogP contribution in [0.3, 0.4) is 0 Å². The van der Waals surface area contributed by atoms with Gasteiger partial charge < -0.3 is 23.8 Å². The number of hydrogen-bond acceptors (Lipinski definition) is 6. The van der Waals surface area contributed by atoms with Gasteiger partial charge in [-0.15, -0.1) is 0 Å². The van der Waals surface area contributed by atoms with E-state index in [1.807, 2.05) is 49.0 Å². The number of carbonyl (C=O) groups excluding carboxylic acids is 1. The smallest absolute Gasteiger partial charge is 0.287 e. The monoisotopic (exact) mass is 457 g/mol. The van der Waals surface area contributed by atoms with Gasteiger partial charge in [0.15, 0.2) is 22.4 Å². The second-order valence-electron chi connectivity index (χ2n) is 7.47. The molecule has 1 N–H and O–H groups in total. The molecule has 3 rings (SSSR count). The summed E-state index contributed by atoms with van der Waals surface area (Å²) in [7, 11) is 1.94. The third kappa shape index (κ3) is 6.32. The highest BCUT2D eigenvalue weighted by Gasteiger charge is 2.17. The van der Waals surface area contributed by atoms with Crippen LogP contribution in [0.2, 0.25) is 0 Å². The average Bonchev–Trinajstić information content (AvgIpc) is 3.43. The van der Waals surface area contributed by atoms with Crippen molar-refractivity contribution in [1.29, 1.82) is 0 Å². The number of carbonyl (C=O) groups is 1. The molecule has 2 aromatic heterocycles. The molecule has 1 atom stereocenters. The quantitative estimate of drug-likeness (QED) is 0.368. The number of thioether (sulfide) groups is 1. The zero-order valence-corrected chi connectivity index (χ0v) is 19.9. The lowest BCUT2D eigenvalue weighted by Gasteiger charge is -2.17. The first-order valence-corrected chi connectivity index (χ1v) is 11.9. The van der Waals surface area contributed by atoms with Crippen molar-refractivity contribution in [3.8, 4) is 11.5 Å². The van der Waals surface area contributed by atoms with E-state index in [9.17, 15) is 4.79 Å². The van der Waals surface area contributed by atoms with E-state index < -0.39 is 0 Å². The molecule has 0 aliphatic carbocycles. The summed E-state index contributed by atoms with van der Waals surface area (Å²) >= 11 is 1.56. The van der Waals surface area contributed by atoms with Crippen molar-refractivity contribution in [2.75, 3.05) is 13.2 Å². The number of amides is 1. The summed E-state index contributed by atoms with van der Waals surface area (Å²) in [5.41, 5.74) is 0.936. The Morgan fingerprint density at radius 2 is 1.91 bits per heavy atom. The number of furan rings is 1.